The first-order valence-electron chi connectivity index (χ1n) is 9.13. The summed E-state index contributed by atoms with van der Waals surface area (Å²) in [5.74, 6) is 1.89. The van der Waals surface area contributed by atoms with Crippen LogP contribution in [0.3, 0.4) is 0 Å². The van der Waals surface area contributed by atoms with Gasteiger partial charge in [-0.05, 0) is 31.4 Å². The number of aromatic nitrogens is 2. The molecule has 0 radical (unpaired) electrons. The molecule has 24 heavy (non-hydrogen) atoms. The maximum absolute atomic E-state index is 13.1. The van der Waals surface area contributed by atoms with Gasteiger partial charge in [-0.15, -0.1) is 5.10 Å². The molecule has 2 saturated heterocycles. The number of hydrogen-bond donors (Lipinski definition) is 2. The van der Waals surface area contributed by atoms with Gasteiger partial charge in [-0.2, -0.15) is 5.10 Å². The van der Waals surface area contributed by atoms with E-state index >= 15 is 0 Å². The van der Waals surface area contributed by atoms with Crippen molar-refractivity contribution in [3.63, 3.8) is 0 Å². The van der Waals surface area contributed by atoms with Crippen LogP contribution in [0.2, 0.25) is 0 Å². The van der Waals surface area contributed by atoms with E-state index in [4.69, 9.17) is 0 Å². The summed E-state index contributed by atoms with van der Waals surface area (Å²) in [5, 5.41) is 8.17. The lowest BCUT2D eigenvalue weighted by Crippen LogP contribution is -2.46. The average Bonchev–Trinajstić information content (AvgIpc) is 2.98. The third-order valence-corrected chi connectivity index (χ3v) is 5.70. The first kappa shape index (κ1) is 15.8. The zero-order valence-corrected chi connectivity index (χ0v) is 14.0. The number of anilines is 1. The van der Waals surface area contributed by atoms with Gasteiger partial charge in [0, 0.05) is 56.8 Å². The number of hydrogen-bond acceptors (Lipinski definition) is 6. The number of nitrogens with one attached hydrogen (secondary N) is 2. The standard InChI is InChI=1S/C17H26N6O/c24-17(13-4-1-5-15-14(13)12-19-20-15)23-9-3-8-22(10-11-23)16-6-2-7-18-21-16/h2,6-7,13-15,19-20H,1,3-5,8-12H2. The van der Waals surface area contributed by atoms with Gasteiger partial charge in [0.15, 0.2) is 5.82 Å². The van der Waals surface area contributed by atoms with E-state index in [1.54, 1.807) is 6.20 Å². The molecule has 0 spiro atoms. The van der Waals surface area contributed by atoms with Crippen LogP contribution < -0.4 is 15.8 Å². The lowest BCUT2D eigenvalue weighted by atomic mass is 9.76. The molecule has 4 rings (SSSR count). The van der Waals surface area contributed by atoms with Gasteiger partial charge in [0.05, 0.1) is 0 Å². The predicted octanol–water partition coefficient (Wildman–Crippen LogP) is 0.408. The fraction of sp³-hybridized carbons (Fsp3) is 0.706. The van der Waals surface area contributed by atoms with Crippen LogP contribution in [0.4, 0.5) is 5.82 Å². The highest BCUT2D eigenvalue weighted by molar-refractivity contribution is 5.79. The van der Waals surface area contributed by atoms with Crippen LogP contribution in [0, 0.1) is 11.8 Å². The van der Waals surface area contributed by atoms with Crippen LogP contribution in [0.1, 0.15) is 25.7 Å². The second-order valence-corrected chi connectivity index (χ2v) is 7.08. The van der Waals surface area contributed by atoms with E-state index in [1.807, 2.05) is 12.1 Å². The Morgan fingerprint density at radius 2 is 2.12 bits per heavy atom. The van der Waals surface area contributed by atoms with Gasteiger partial charge in [-0.3, -0.25) is 15.6 Å². The number of nitrogens with zero attached hydrogens (tertiary/aromatic N) is 4. The summed E-state index contributed by atoms with van der Waals surface area (Å²) in [6.45, 7) is 4.32. The Morgan fingerprint density at radius 3 is 3.00 bits per heavy atom. The first-order chi connectivity index (χ1) is 11.8. The lowest BCUT2D eigenvalue weighted by molar-refractivity contribution is -0.138. The van der Waals surface area contributed by atoms with Crippen molar-refractivity contribution in [3.05, 3.63) is 18.3 Å². The maximum Gasteiger partial charge on any atom is 0.226 e. The number of carbonyl (C=O) groups is 1. The highest BCUT2D eigenvalue weighted by Crippen LogP contribution is 2.33. The Balaban J connectivity index is 1.40. The van der Waals surface area contributed by atoms with Crippen molar-refractivity contribution < 1.29 is 4.79 Å². The molecule has 3 aliphatic rings. The van der Waals surface area contributed by atoms with Crippen molar-refractivity contribution in [2.24, 2.45) is 11.8 Å². The summed E-state index contributed by atoms with van der Waals surface area (Å²) in [6.07, 6.45) is 6.04. The van der Waals surface area contributed by atoms with Crippen LogP contribution in [0.15, 0.2) is 18.3 Å². The predicted molar refractivity (Wildman–Crippen MR) is 91.2 cm³/mol. The van der Waals surface area contributed by atoms with E-state index in [0.29, 0.717) is 17.9 Å². The van der Waals surface area contributed by atoms with Gasteiger partial charge in [0.1, 0.15) is 0 Å². The van der Waals surface area contributed by atoms with Gasteiger partial charge < -0.3 is 9.80 Å². The van der Waals surface area contributed by atoms with Crippen molar-refractivity contribution >= 4 is 11.7 Å². The molecule has 1 aromatic rings. The number of amides is 1. The normalized spacial score (nSPS) is 30.8. The van der Waals surface area contributed by atoms with Gasteiger partial charge in [-0.25, -0.2) is 0 Å². The van der Waals surface area contributed by atoms with Gasteiger partial charge >= 0.3 is 0 Å². The Hall–Kier alpha value is -1.73. The molecule has 3 fully saturated rings. The van der Waals surface area contributed by atoms with Crippen molar-refractivity contribution in [1.82, 2.24) is 25.9 Å². The molecule has 3 unspecified atom stereocenters. The minimum atomic E-state index is 0.175. The number of carbonyl (C=O) groups excluding carboxylic acids is 1. The van der Waals surface area contributed by atoms with E-state index in [0.717, 1.165) is 57.8 Å². The summed E-state index contributed by atoms with van der Waals surface area (Å²) in [4.78, 5) is 17.4. The van der Waals surface area contributed by atoms with Crippen LogP contribution in [0.5, 0.6) is 0 Å². The smallest absolute Gasteiger partial charge is 0.226 e. The summed E-state index contributed by atoms with van der Waals surface area (Å²) >= 11 is 0. The largest absolute Gasteiger partial charge is 0.353 e. The second-order valence-electron chi connectivity index (χ2n) is 7.08. The molecular weight excluding hydrogens is 304 g/mol. The third kappa shape index (κ3) is 3.10. The van der Waals surface area contributed by atoms with Crippen LogP contribution in [-0.4, -0.2) is 59.8 Å². The van der Waals surface area contributed by atoms with Gasteiger partial charge in [0.25, 0.3) is 0 Å². The van der Waals surface area contributed by atoms with Crippen molar-refractivity contribution in [2.45, 2.75) is 31.7 Å². The molecule has 1 aliphatic carbocycles. The monoisotopic (exact) mass is 330 g/mol. The van der Waals surface area contributed by atoms with E-state index in [9.17, 15) is 4.79 Å². The Kier molecular flexibility index (Phi) is 4.62. The molecule has 3 atom stereocenters. The fourth-order valence-electron chi connectivity index (χ4n) is 4.41. The minimum absolute atomic E-state index is 0.175. The molecule has 1 amide bonds. The molecule has 7 heteroatoms. The summed E-state index contributed by atoms with van der Waals surface area (Å²) in [6, 6.07) is 4.38. The molecule has 1 aromatic heterocycles. The molecule has 3 heterocycles. The number of rotatable bonds is 2. The molecule has 0 bridgehead atoms. The van der Waals surface area contributed by atoms with Crippen LogP contribution in [0.25, 0.3) is 0 Å². The highest BCUT2D eigenvalue weighted by atomic mass is 16.2. The highest BCUT2D eigenvalue weighted by Gasteiger charge is 2.41. The topological polar surface area (TPSA) is 73.4 Å². The van der Waals surface area contributed by atoms with Crippen molar-refractivity contribution in [2.75, 3.05) is 37.6 Å². The molecule has 0 aromatic carbocycles. The first-order valence-corrected chi connectivity index (χ1v) is 9.13. The zero-order valence-electron chi connectivity index (χ0n) is 14.0. The Labute approximate surface area is 142 Å². The number of fused-ring (bicyclic) bond motifs is 1. The van der Waals surface area contributed by atoms with E-state index in [2.05, 4.69) is 30.8 Å². The fourth-order valence-corrected chi connectivity index (χ4v) is 4.41. The SMILES string of the molecule is O=C(C1CCCC2NNCC21)N1CCCN(c2cccnn2)CC1. The molecular formula is C17H26N6O. The summed E-state index contributed by atoms with van der Waals surface area (Å²) < 4.78 is 0. The molecule has 1 saturated carbocycles. The van der Waals surface area contributed by atoms with Crippen molar-refractivity contribution in [1.29, 1.82) is 0 Å². The Bertz CT molecular complexity index is 567. The lowest BCUT2D eigenvalue weighted by Gasteiger charge is -2.35. The minimum Gasteiger partial charge on any atom is -0.353 e. The number of hydrazine groups is 1. The summed E-state index contributed by atoms with van der Waals surface area (Å²) in [7, 11) is 0. The average molecular weight is 330 g/mol. The third-order valence-electron chi connectivity index (χ3n) is 5.70. The zero-order chi connectivity index (χ0) is 16.4. The molecule has 7 nitrogen and oxygen atoms in total. The van der Waals surface area contributed by atoms with Crippen LogP contribution >= 0.6 is 0 Å². The quantitative estimate of drug-likeness (QED) is 0.818. The van der Waals surface area contributed by atoms with E-state index in [1.165, 1.54) is 6.42 Å². The Morgan fingerprint density at radius 1 is 1.17 bits per heavy atom. The second kappa shape index (κ2) is 7.03. The van der Waals surface area contributed by atoms with Crippen LogP contribution in [-0.2, 0) is 4.79 Å². The molecule has 130 valence electrons. The van der Waals surface area contributed by atoms with Gasteiger partial charge in [0.2, 0.25) is 5.91 Å². The maximum atomic E-state index is 13.1. The molecule has 2 aliphatic heterocycles. The van der Waals surface area contributed by atoms with Crippen molar-refractivity contribution in [3.8, 4) is 0 Å². The molecule has 2 N–H and O–H groups in total. The summed E-state index contributed by atoms with van der Waals surface area (Å²) in [5.41, 5.74) is 6.59. The van der Waals surface area contributed by atoms with E-state index < -0.39 is 0 Å². The van der Waals surface area contributed by atoms with Gasteiger partial charge in [-0.1, -0.05) is 6.42 Å². The van der Waals surface area contributed by atoms with E-state index in [-0.39, 0.29) is 5.92 Å².